The number of rotatable bonds is 5. The Balaban J connectivity index is 1.22. The van der Waals surface area contributed by atoms with E-state index in [2.05, 4.69) is 16.7 Å². The molecule has 0 aliphatic carbocycles. The van der Waals surface area contributed by atoms with Crippen LogP contribution in [0.2, 0.25) is 0 Å². The molecule has 3 aromatic rings. The minimum Gasteiger partial charge on any atom is -0.408 e. The fourth-order valence-electron chi connectivity index (χ4n) is 4.65. The number of oxazole rings is 1. The molecule has 4 atom stereocenters. The van der Waals surface area contributed by atoms with Gasteiger partial charge < -0.3 is 24.5 Å². The van der Waals surface area contributed by atoms with Crippen LogP contribution in [0.1, 0.15) is 18.9 Å². The molecule has 0 bridgehead atoms. The van der Waals surface area contributed by atoms with E-state index < -0.39 is 17.9 Å². The van der Waals surface area contributed by atoms with Crippen molar-refractivity contribution in [2.24, 2.45) is 7.05 Å². The molecule has 2 saturated heterocycles. The highest BCUT2D eigenvalue weighted by Gasteiger charge is 2.46. The van der Waals surface area contributed by atoms with E-state index in [-0.39, 0.29) is 17.6 Å². The number of carbonyl (C=O) groups excluding carboxylic acids is 1. The number of benzene rings is 2. The van der Waals surface area contributed by atoms with Gasteiger partial charge in [-0.2, -0.15) is 5.26 Å². The number of hydrogen-bond donors (Lipinski definition) is 2. The molecule has 2 fully saturated rings. The van der Waals surface area contributed by atoms with E-state index in [9.17, 15) is 14.9 Å². The van der Waals surface area contributed by atoms with E-state index in [1.807, 2.05) is 43.3 Å². The van der Waals surface area contributed by atoms with Crippen molar-refractivity contribution in [2.45, 2.75) is 43.6 Å². The predicted molar refractivity (Wildman–Crippen MR) is 129 cm³/mol. The second-order valence-corrected chi connectivity index (χ2v) is 9.29. The predicted octanol–water partition coefficient (Wildman–Crippen LogP) is 1.89. The molecule has 9 nitrogen and oxygen atoms in total. The van der Waals surface area contributed by atoms with Gasteiger partial charge in [0.1, 0.15) is 17.7 Å². The lowest BCUT2D eigenvalue weighted by Gasteiger charge is -2.44. The Morgan fingerprint density at radius 2 is 2.03 bits per heavy atom. The largest absolute Gasteiger partial charge is 0.419 e. The molecule has 3 heterocycles. The normalized spacial score (nSPS) is 24.9. The zero-order valence-corrected chi connectivity index (χ0v) is 19.7. The highest BCUT2D eigenvalue weighted by molar-refractivity contribution is 5.82. The van der Waals surface area contributed by atoms with Crippen molar-refractivity contribution >= 4 is 17.0 Å². The summed E-state index contributed by atoms with van der Waals surface area (Å²) in [5.41, 5.74) is 3.76. The summed E-state index contributed by atoms with van der Waals surface area (Å²) in [6.45, 7) is 3.48. The number of amides is 1. The highest BCUT2D eigenvalue weighted by atomic mass is 16.6. The lowest BCUT2D eigenvalue weighted by molar-refractivity contribution is -0.192. The van der Waals surface area contributed by atoms with E-state index in [4.69, 9.17) is 13.9 Å². The van der Waals surface area contributed by atoms with E-state index >= 15 is 0 Å². The maximum absolute atomic E-state index is 12.8. The second kappa shape index (κ2) is 9.30. The van der Waals surface area contributed by atoms with Crippen LogP contribution >= 0.6 is 0 Å². The highest BCUT2D eigenvalue weighted by Crippen LogP contribution is 2.32. The second-order valence-electron chi connectivity index (χ2n) is 9.29. The molecule has 2 N–H and O–H groups in total. The molecule has 1 aromatic heterocycles. The van der Waals surface area contributed by atoms with Crippen molar-refractivity contribution in [3.8, 4) is 17.2 Å². The number of ether oxygens (including phenoxy) is 2. The number of nitriles is 1. The van der Waals surface area contributed by atoms with Crippen LogP contribution in [0.15, 0.2) is 51.7 Å². The molecule has 2 aliphatic heterocycles. The van der Waals surface area contributed by atoms with E-state index in [1.54, 1.807) is 13.1 Å². The fraction of sp³-hybridized carbons (Fsp3) is 0.423. The SMILES string of the molecule is C[C@H]1NC[C@@H](C(=O)N[C@H](C#N)Cc2ccc(-c3ccc4oc(=O)n(C)c4c3)cc2)OC[C@@]12CCO2. The summed E-state index contributed by atoms with van der Waals surface area (Å²) in [6, 6.07) is 15.0. The Labute approximate surface area is 202 Å². The van der Waals surface area contributed by atoms with Gasteiger partial charge in [0.2, 0.25) is 0 Å². The van der Waals surface area contributed by atoms with Gasteiger partial charge in [-0.15, -0.1) is 0 Å². The Hall–Kier alpha value is -3.45. The van der Waals surface area contributed by atoms with Crippen molar-refractivity contribution in [2.75, 3.05) is 19.8 Å². The van der Waals surface area contributed by atoms with Crippen LogP contribution in [0, 0.1) is 11.3 Å². The van der Waals surface area contributed by atoms with Gasteiger partial charge in [-0.25, -0.2) is 4.79 Å². The molecule has 0 radical (unpaired) electrons. The number of aromatic nitrogens is 1. The third kappa shape index (κ3) is 4.48. The molecule has 2 aromatic carbocycles. The number of nitrogens with one attached hydrogen (secondary N) is 2. The zero-order chi connectivity index (χ0) is 24.6. The minimum atomic E-state index is -0.677. The van der Waals surface area contributed by atoms with Crippen molar-refractivity contribution in [1.82, 2.24) is 15.2 Å². The molecule has 2 aliphatic rings. The van der Waals surface area contributed by atoms with Crippen molar-refractivity contribution < 1.29 is 18.7 Å². The summed E-state index contributed by atoms with van der Waals surface area (Å²) in [7, 11) is 1.67. The van der Waals surface area contributed by atoms with Crippen molar-refractivity contribution in [3.63, 3.8) is 0 Å². The van der Waals surface area contributed by atoms with Gasteiger partial charge in [-0.3, -0.25) is 9.36 Å². The molecule has 0 unspecified atom stereocenters. The number of nitrogens with zero attached hydrogens (tertiary/aromatic N) is 2. The van der Waals surface area contributed by atoms with E-state index in [0.29, 0.717) is 31.8 Å². The number of fused-ring (bicyclic) bond motifs is 1. The minimum absolute atomic E-state index is 0.0958. The molecule has 1 spiro atoms. The van der Waals surface area contributed by atoms with Gasteiger partial charge in [-0.1, -0.05) is 30.3 Å². The van der Waals surface area contributed by atoms with Gasteiger partial charge in [0.15, 0.2) is 5.58 Å². The maximum Gasteiger partial charge on any atom is 0.419 e. The van der Waals surface area contributed by atoms with Crippen LogP contribution in [-0.4, -0.2) is 54.0 Å². The molecule has 9 heteroatoms. The lowest BCUT2D eigenvalue weighted by atomic mass is 9.88. The Morgan fingerprint density at radius 1 is 1.29 bits per heavy atom. The van der Waals surface area contributed by atoms with Crippen LogP contribution in [0.5, 0.6) is 0 Å². The monoisotopic (exact) mass is 476 g/mol. The lowest BCUT2D eigenvalue weighted by Crippen LogP contribution is -2.58. The third-order valence-corrected chi connectivity index (χ3v) is 7.13. The zero-order valence-electron chi connectivity index (χ0n) is 19.7. The van der Waals surface area contributed by atoms with Crippen LogP contribution in [-0.2, 0) is 27.7 Å². The molecule has 0 saturated carbocycles. The smallest absolute Gasteiger partial charge is 0.408 e. The first kappa shape index (κ1) is 23.3. The summed E-state index contributed by atoms with van der Waals surface area (Å²) >= 11 is 0. The number of hydrogen-bond acceptors (Lipinski definition) is 7. The van der Waals surface area contributed by atoms with Crippen LogP contribution in [0.25, 0.3) is 22.2 Å². The standard InChI is InChI=1S/C26H28N4O5/c1-16-26(9-10-34-26)15-33-23(14-28-16)24(31)29-20(13-27)11-17-3-5-18(6-4-17)19-7-8-22-21(12-19)30(2)25(32)35-22/h3-8,12,16,20,23,28H,9-11,14-15H2,1-2H3,(H,29,31)/t16-,20+,23+,26+/m1/s1. The van der Waals surface area contributed by atoms with Crippen molar-refractivity contribution in [1.29, 1.82) is 5.26 Å². The molecule has 35 heavy (non-hydrogen) atoms. The average molecular weight is 477 g/mol. The van der Waals surface area contributed by atoms with Crippen LogP contribution in [0.4, 0.5) is 0 Å². The van der Waals surface area contributed by atoms with Gasteiger partial charge in [-0.05, 0) is 35.7 Å². The van der Waals surface area contributed by atoms with Gasteiger partial charge in [0.05, 0.1) is 24.8 Å². The van der Waals surface area contributed by atoms with Gasteiger partial charge in [0.25, 0.3) is 5.91 Å². The van der Waals surface area contributed by atoms with Crippen LogP contribution < -0.4 is 16.4 Å². The third-order valence-electron chi connectivity index (χ3n) is 7.13. The first-order chi connectivity index (χ1) is 16.9. The number of aryl methyl sites for hydroxylation is 1. The molecule has 1 amide bonds. The number of carbonyl (C=O) groups is 1. The summed E-state index contributed by atoms with van der Waals surface area (Å²) in [6.07, 6.45) is 0.606. The van der Waals surface area contributed by atoms with Gasteiger partial charge >= 0.3 is 5.76 Å². The Kier molecular flexibility index (Phi) is 6.19. The Bertz CT molecular complexity index is 1330. The van der Waals surface area contributed by atoms with E-state index in [1.165, 1.54) is 4.57 Å². The summed E-state index contributed by atoms with van der Waals surface area (Å²) in [5.74, 6) is -0.698. The maximum atomic E-state index is 12.8. The first-order valence-corrected chi connectivity index (χ1v) is 11.8. The molecule has 182 valence electrons. The van der Waals surface area contributed by atoms with Gasteiger partial charge in [0, 0.05) is 32.5 Å². The van der Waals surface area contributed by atoms with Crippen molar-refractivity contribution in [3.05, 3.63) is 58.6 Å². The molecular weight excluding hydrogens is 448 g/mol. The fourth-order valence-corrected chi connectivity index (χ4v) is 4.65. The topological polar surface area (TPSA) is 119 Å². The summed E-state index contributed by atoms with van der Waals surface area (Å²) < 4.78 is 18.3. The average Bonchev–Trinajstić information content (AvgIpc) is 3.00. The summed E-state index contributed by atoms with van der Waals surface area (Å²) in [5, 5.41) is 15.8. The van der Waals surface area contributed by atoms with Crippen LogP contribution in [0.3, 0.4) is 0 Å². The molecule has 5 rings (SSSR count). The quantitative estimate of drug-likeness (QED) is 0.577. The first-order valence-electron chi connectivity index (χ1n) is 11.8. The summed E-state index contributed by atoms with van der Waals surface area (Å²) in [4.78, 5) is 24.5. The van der Waals surface area contributed by atoms with E-state index in [0.717, 1.165) is 28.6 Å². The Morgan fingerprint density at radius 3 is 2.71 bits per heavy atom. The molecular formula is C26H28N4O5.